The van der Waals surface area contributed by atoms with Crippen LogP contribution < -0.4 is 10.2 Å². The van der Waals surface area contributed by atoms with Gasteiger partial charge in [0.1, 0.15) is 12.4 Å². The Morgan fingerprint density at radius 2 is 2.09 bits per heavy atom. The van der Waals surface area contributed by atoms with Crippen LogP contribution in [-0.4, -0.2) is 47.8 Å². The van der Waals surface area contributed by atoms with E-state index in [1.165, 1.54) is 0 Å². The van der Waals surface area contributed by atoms with Gasteiger partial charge in [0, 0.05) is 17.7 Å². The molecule has 0 aromatic heterocycles. The van der Waals surface area contributed by atoms with Crippen molar-refractivity contribution in [2.75, 3.05) is 19.8 Å². The second-order valence-electron chi connectivity index (χ2n) is 5.62. The van der Waals surface area contributed by atoms with Crippen LogP contribution in [-0.2, 0) is 16.1 Å². The predicted molar refractivity (Wildman–Crippen MR) is 75.5 cm³/mol. The molecule has 1 unspecified atom stereocenters. The summed E-state index contributed by atoms with van der Waals surface area (Å²) in [7, 11) is 0. The molecular weight excluding hydrogens is 288 g/mol. The number of rotatable bonds is 2. The molecule has 118 valence electrons. The third-order valence-electron chi connectivity index (χ3n) is 4.05. The van der Waals surface area contributed by atoms with Gasteiger partial charge in [-0.25, -0.2) is 5.48 Å². The lowest BCUT2D eigenvalue weighted by Crippen LogP contribution is -2.48. The Kier molecular flexibility index (Phi) is 4.00. The van der Waals surface area contributed by atoms with Gasteiger partial charge in [-0.3, -0.25) is 14.8 Å². The lowest BCUT2D eigenvalue weighted by atomic mass is 10.0. The highest BCUT2D eigenvalue weighted by atomic mass is 16.5. The second-order valence-corrected chi connectivity index (χ2v) is 5.62. The molecule has 0 aliphatic carbocycles. The van der Waals surface area contributed by atoms with E-state index in [0.29, 0.717) is 37.7 Å². The molecule has 1 fully saturated rings. The number of ether oxygens (including phenoxy) is 2. The Morgan fingerprint density at radius 3 is 2.73 bits per heavy atom. The lowest BCUT2D eigenvalue weighted by molar-refractivity contribution is -0.153. The zero-order chi connectivity index (χ0) is 15.7. The Morgan fingerprint density at radius 1 is 1.32 bits per heavy atom. The van der Waals surface area contributed by atoms with E-state index in [1.54, 1.807) is 28.6 Å². The van der Waals surface area contributed by atoms with E-state index in [2.05, 4.69) is 0 Å². The zero-order valence-electron chi connectivity index (χ0n) is 12.2. The van der Waals surface area contributed by atoms with Crippen LogP contribution in [0.1, 0.15) is 22.8 Å². The summed E-state index contributed by atoms with van der Waals surface area (Å²) in [6.45, 7) is 3.69. The number of hydroxylamine groups is 1. The molecule has 0 saturated carbocycles. The number of amides is 2. The van der Waals surface area contributed by atoms with E-state index in [4.69, 9.17) is 14.7 Å². The topological polar surface area (TPSA) is 88.1 Å². The monoisotopic (exact) mass is 306 g/mol. The normalized spacial score (nSPS) is 21.2. The van der Waals surface area contributed by atoms with Crippen LogP contribution in [0.15, 0.2) is 18.2 Å². The van der Waals surface area contributed by atoms with Gasteiger partial charge >= 0.3 is 0 Å². The first-order valence-corrected chi connectivity index (χ1v) is 7.18. The average Bonchev–Trinajstić information content (AvgIpc) is 2.63. The SMILES string of the molecule is CC1COc2cc(C(=O)NO)ccc2CN1C(=O)C1COC1. The molecule has 1 atom stereocenters. The number of hydrogen-bond acceptors (Lipinski definition) is 5. The maximum atomic E-state index is 12.5. The summed E-state index contributed by atoms with van der Waals surface area (Å²) in [5, 5.41) is 8.69. The van der Waals surface area contributed by atoms with E-state index < -0.39 is 5.91 Å². The highest BCUT2D eigenvalue weighted by Gasteiger charge is 2.34. The summed E-state index contributed by atoms with van der Waals surface area (Å²) >= 11 is 0. The number of carbonyl (C=O) groups excluding carboxylic acids is 2. The fraction of sp³-hybridized carbons (Fsp3) is 0.467. The largest absolute Gasteiger partial charge is 0.491 e. The van der Waals surface area contributed by atoms with Crippen LogP contribution in [0.5, 0.6) is 5.75 Å². The first-order chi connectivity index (χ1) is 10.6. The van der Waals surface area contributed by atoms with Crippen LogP contribution in [0.3, 0.4) is 0 Å². The predicted octanol–water partition coefficient (Wildman–Crippen LogP) is 0.561. The fourth-order valence-electron chi connectivity index (χ4n) is 2.57. The highest BCUT2D eigenvalue weighted by molar-refractivity contribution is 5.93. The highest BCUT2D eigenvalue weighted by Crippen LogP contribution is 2.28. The van der Waals surface area contributed by atoms with Crippen molar-refractivity contribution >= 4 is 11.8 Å². The van der Waals surface area contributed by atoms with Crippen LogP contribution in [0, 0.1) is 5.92 Å². The summed E-state index contributed by atoms with van der Waals surface area (Å²) in [4.78, 5) is 25.7. The summed E-state index contributed by atoms with van der Waals surface area (Å²) in [5.41, 5.74) is 2.74. The molecule has 2 aliphatic rings. The summed E-state index contributed by atoms with van der Waals surface area (Å²) in [6.07, 6.45) is 0. The molecule has 7 nitrogen and oxygen atoms in total. The molecule has 0 spiro atoms. The van der Waals surface area contributed by atoms with Crippen LogP contribution in [0.2, 0.25) is 0 Å². The minimum absolute atomic E-state index is 0.0596. The number of carbonyl (C=O) groups is 2. The van der Waals surface area contributed by atoms with Crippen molar-refractivity contribution in [1.29, 1.82) is 0 Å². The zero-order valence-corrected chi connectivity index (χ0v) is 12.2. The Hall–Kier alpha value is -2.12. The maximum Gasteiger partial charge on any atom is 0.274 e. The molecule has 0 radical (unpaired) electrons. The van der Waals surface area contributed by atoms with Crippen LogP contribution >= 0.6 is 0 Å². The van der Waals surface area contributed by atoms with E-state index in [0.717, 1.165) is 5.56 Å². The second kappa shape index (κ2) is 5.94. The van der Waals surface area contributed by atoms with Gasteiger partial charge in [0.15, 0.2) is 0 Å². The van der Waals surface area contributed by atoms with Gasteiger partial charge in [-0.05, 0) is 19.1 Å². The summed E-state index contributed by atoms with van der Waals surface area (Å²) in [6, 6.07) is 4.86. The van der Waals surface area contributed by atoms with Gasteiger partial charge in [0.05, 0.1) is 25.2 Å². The quantitative estimate of drug-likeness (QED) is 0.616. The molecule has 3 rings (SSSR count). The molecular formula is C15H18N2O5. The van der Waals surface area contributed by atoms with Crippen molar-refractivity contribution in [1.82, 2.24) is 10.4 Å². The van der Waals surface area contributed by atoms with Gasteiger partial charge in [0.2, 0.25) is 5.91 Å². The maximum absolute atomic E-state index is 12.5. The molecule has 2 N–H and O–H groups in total. The molecule has 22 heavy (non-hydrogen) atoms. The Labute approximate surface area is 127 Å². The minimum Gasteiger partial charge on any atom is -0.491 e. The van der Waals surface area contributed by atoms with Crippen molar-refractivity contribution in [2.24, 2.45) is 5.92 Å². The van der Waals surface area contributed by atoms with Crippen molar-refractivity contribution in [3.05, 3.63) is 29.3 Å². The summed E-state index contributed by atoms with van der Waals surface area (Å²) < 4.78 is 10.8. The van der Waals surface area contributed by atoms with Gasteiger partial charge in [-0.1, -0.05) is 6.07 Å². The van der Waals surface area contributed by atoms with Crippen molar-refractivity contribution in [2.45, 2.75) is 19.5 Å². The van der Waals surface area contributed by atoms with E-state index in [1.807, 2.05) is 6.92 Å². The van der Waals surface area contributed by atoms with E-state index in [9.17, 15) is 9.59 Å². The molecule has 1 saturated heterocycles. The van der Waals surface area contributed by atoms with Crippen LogP contribution in [0.4, 0.5) is 0 Å². The number of hydrogen-bond donors (Lipinski definition) is 2. The minimum atomic E-state index is -0.594. The molecule has 7 heteroatoms. The Bertz CT molecular complexity index is 600. The molecule has 1 aromatic rings. The average molecular weight is 306 g/mol. The van der Waals surface area contributed by atoms with Gasteiger partial charge < -0.3 is 14.4 Å². The third kappa shape index (κ3) is 2.65. The third-order valence-corrected chi connectivity index (χ3v) is 4.05. The van der Waals surface area contributed by atoms with E-state index >= 15 is 0 Å². The number of nitrogens with one attached hydrogen (secondary N) is 1. The standard InChI is InChI=1S/C15H18N2O5/c1-9-6-22-13-4-10(14(18)16-20)2-3-11(13)5-17(9)15(19)12-7-21-8-12/h2-4,9,12,20H,5-8H2,1H3,(H,16,18). The van der Waals surface area contributed by atoms with Crippen molar-refractivity contribution in [3.8, 4) is 5.75 Å². The first-order valence-electron chi connectivity index (χ1n) is 7.18. The smallest absolute Gasteiger partial charge is 0.274 e. The van der Waals surface area contributed by atoms with Gasteiger partial charge in [-0.15, -0.1) is 0 Å². The molecule has 2 aliphatic heterocycles. The van der Waals surface area contributed by atoms with Crippen molar-refractivity contribution in [3.63, 3.8) is 0 Å². The van der Waals surface area contributed by atoms with Gasteiger partial charge in [0.25, 0.3) is 5.91 Å². The molecule has 2 heterocycles. The fourth-order valence-corrected chi connectivity index (χ4v) is 2.57. The lowest BCUT2D eigenvalue weighted by Gasteiger charge is -2.33. The van der Waals surface area contributed by atoms with E-state index in [-0.39, 0.29) is 17.9 Å². The Balaban J connectivity index is 1.84. The molecule has 2 amide bonds. The van der Waals surface area contributed by atoms with Gasteiger partial charge in [-0.2, -0.15) is 0 Å². The molecule has 1 aromatic carbocycles. The molecule has 0 bridgehead atoms. The number of fused-ring (bicyclic) bond motifs is 1. The number of nitrogens with zero attached hydrogens (tertiary/aromatic N) is 1. The summed E-state index contributed by atoms with van der Waals surface area (Å²) in [5.74, 6) is -0.0211. The van der Waals surface area contributed by atoms with Crippen molar-refractivity contribution < 1.29 is 24.3 Å². The first kappa shape index (κ1) is 14.8. The van der Waals surface area contributed by atoms with Crippen LogP contribution in [0.25, 0.3) is 0 Å². The number of benzene rings is 1.